The molecule has 4 aromatic rings. The Kier molecular flexibility index (Phi) is 8.66. The molecule has 4 rings (SSSR count). The van der Waals surface area contributed by atoms with E-state index in [9.17, 15) is 0 Å². The van der Waals surface area contributed by atoms with E-state index in [-0.39, 0.29) is 40.6 Å². The van der Waals surface area contributed by atoms with Crippen molar-refractivity contribution in [2.24, 2.45) is 0 Å². The third-order valence-corrected chi connectivity index (χ3v) is 4.50. The zero-order chi connectivity index (χ0) is 17.6. The molecule has 0 radical (unpaired) electrons. The van der Waals surface area contributed by atoms with Gasteiger partial charge in [0, 0.05) is 0 Å². The maximum atomic E-state index is 2.19. The largest absolute Gasteiger partial charge is 1.00 e. The molecular formula is C26H22Li2. The van der Waals surface area contributed by atoms with Crippen LogP contribution in [0.5, 0.6) is 0 Å². The summed E-state index contributed by atoms with van der Waals surface area (Å²) in [5.74, 6) is 0. The van der Waals surface area contributed by atoms with E-state index < -0.39 is 0 Å². The van der Waals surface area contributed by atoms with E-state index in [1.165, 1.54) is 33.4 Å². The quantitative estimate of drug-likeness (QED) is 0.380. The van der Waals surface area contributed by atoms with Gasteiger partial charge in [0.1, 0.15) is 0 Å². The molecule has 0 aromatic heterocycles. The van der Waals surface area contributed by atoms with Crippen molar-refractivity contribution in [3.05, 3.63) is 144 Å². The van der Waals surface area contributed by atoms with E-state index in [0.717, 1.165) is 0 Å². The monoisotopic (exact) mass is 348 g/mol. The standard InChI is InChI=1S/C26H20.2Li.2H/c1-5-13-21(14-6-1)25(22-15-7-2-8-16-22)26(23-17-9-3-10-18-23)24-19-11-4-12-20-24;;;;/h1-20H;;;;/q;2*+1;2*-1. The van der Waals surface area contributed by atoms with Gasteiger partial charge >= 0.3 is 37.7 Å². The molecule has 28 heavy (non-hydrogen) atoms. The van der Waals surface area contributed by atoms with Crippen molar-refractivity contribution in [3.8, 4) is 0 Å². The van der Waals surface area contributed by atoms with Crippen LogP contribution < -0.4 is 37.7 Å². The van der Waals surface area contributed by atoms with Crippen molar-refractivity contribution in [2.45, 2.75) is 0 Å². The molecule has 0 aliphatic carbocycles. The summed E-state index contributed by atoms with van der Waals surface area (Å²) in [6.07, 6.45) is 0. The fourth-order valence-electron chi connectivity index (χ4n) is 3.33. The Bertz CT molecular complexity index is 836. The van der Waals surface area contributed by atoms with E-state index in [2.05, 4.69) is 121 Å². The summed E-state index contributed by atoms with van der Waals surface area (Å²) in [6, 6.07) is 42.6. The van der Waals surface area contributed by atoms with Crippen LogP contribution in [0, 0.1) is 0 Å². The van der Waals surface area contributed by atoms with Gasteiger partial charge in [-0.15, -0.1) is 0 Å². The Labute approximate surface area is 194 Å². The summed E-state index contributed by atoms with van der Waals surface area (Å²) in [5.41, 5.74) is 7.40. The molecule has 2 heteroatoms. The summed E-state index contributed by atoms with van der Waals surface area (Å²) < 4.78 is 0. The van der Waals surface area contributed by atoms with E-state index in [0.29, 0.717) is 0 Å². The van der Waals surface area contributed by atoms with Crippen LogP contribution in [0.2, 0.25) is 0 Å². The average Bonchev–Trinajstić information content (AvgIpc) is 2.74. The van der Waals surface area contributed by atoms with Crippen LogP contribution in [0.4, 0.5) is 0 Å². The first-order valence-electron chi connectivity index (χ1n) is 8.89. The van der Waals surface area contributed by atoms with Crippen LogP contribution in [0.25, 0.3) is 11.1 Å². The maximum Gasteiger partial charge on any atom is 1.00 e. The molecular weight excluding hydrogens is 326 g/mol. The van der Waals surface area contributed by atoms with Crippen molar-refractivity contribution in [1.29, 1.82) is 0 Å². The predicted molar refractivity (Wildman–Crippen MR) is 113 cm³/mol. The van der Waals surface area contributed by atoms with Gasteiger partial charge in [0.2, 0.25) is 0 Å². The van der Waals surface area contributed by atoms with E-state index in [4.69, 9.17) is 0 Å². The summed E-state index contributed by atoms with van der Waals surface area (Å²) >= 11 is 0. The Balaban J connectivity index is 0.00000210. The first kappa shape index (κ1) is 22.1. The molecule has 0 bridgehead atoms. The first-order valence-corrected chi connectivity index (χ1v) is 8.89. The Hall–Kier alpha value is -2.19. The van der Waals surface area contributed by atoms with Gasteiger partial charge in [0.05, 0.1) is 0 Å². The molecule has 0 aliphatic heterocycles. The minimum absolute atomic E-state index is 0. The second-order valence-electron chi connectivity index (χ2n) is 6.21. The summed E-state index contributed by atoms with van der Waals surface area (Å²) in [5, 5.41) is 0. The summed E-state index contributed by atoms with van der Waals surface area (Å²) in [4.78, 5) is 0. The third kappa shape index (κ3) is 5.00. The first-order chi connectivity index (χ1) is 12.9. The van der Waals surface area contributed by atoms with Gasteiger partial charge in [-0.05, 0) is 33.4 Å². The van der Waals surface area contributed by atoms with E-state index >= 15 is 0 Å². The van der Waals surface area contributed by atoms with Gasteiger partial charge in [-0.2, -0.15) is 0 Å². The van der Waals surface area contributed by atoms with Crippen molar-refractivity contribution >= 4 is 11.1 Å². The average molecular weight is 348 g/mol. The van der Waals surface area contributed by atoms with Gasteiger partial charge in [-0.1, -0.05) is 121 Å². The van der Waals surface area contributed by atoms with Crippen LogP contribution in [0.1, 0.15) is 25.1 Å². The molecule has 0 spiro atoms. The minimum Gasteiger partial charge on any atom is -1.00 e. The summed E-state index contributed by atoms with van der Waals surface area (Å²) in [7, 11) is 0. The van der Waals surface area contributed by atoms with E-state index in [1.807, 2.05) is 0 Å². The topological polar surface area (TPSA) is 0 Å². The SMILES string of the molecule is [H-].[H-].[Li+].[Li+].c1ccc(C(=C(c2ccccc2)c2ccccc2)c2ccccc2)cc1. The third-order valence-electron chi connectivity index (χ3n) is 4.50. The molecule has 4 aromatic carbocycles. The second-order valence-corrected chi connectivity index (χ2v) is 6.21. The van der Waals surface area contributed by atoms with Gasteiger partial charge in [0.25, 0.3) is 0 Å². The Morgan fingerprint density at radius 2 is 0.500 bits per heavy atom. The van der Waals surface area contributed by atoms with Crippen molar-refractivity contribution < 1.29 is 40.6 Å². The number of hydrogen-bond acceptors (Lipinski definition) is 0. The minimum atomic E-state index is 0. The van der Waals surface area contributed by atoms with Crippen molar-refractivity contribution in [2.75, 3.05) is 0 Å². The number of rotatable bonds is 4. The van der Waals surface area contributed by atoms with Crippen LogP contribution in [0.15, 0.2) is 121 Å². The van der Waals surface area contributed by atoms with E-state index in [1.54, 1.807) is 0 Å². The normalized spacial score (nSPS) is 9.57. The van der Waals surface area contributed by atoms with Crippen LogP contribution in [-0.2, 0) is 0 Å². The Morgan fingerprint density at radius 3 is 0.679 bits per heavy atom. The zero-order valence-electron chi connectivity index (χ0n) is 18.5. The molecule has 0 saturated heterocycles. The molecule has 0 amide bonds. The molecule has 0 fully saturated rings. The molecule has 0 aliphatic rings. The smallest absolute Gasteiger partial charge is 1.00 e. The van der Waals surface area contributed by atoms with Crippen LogP contribution in [0.3, 0.4) is 0 Å². The Morgan fingerprint density at radius 1 is 0.321 bits per heavy atom. The van der Waals surface area contributed by atoms with Gasteiger partial charge in [-0.25, -0.2) is 0 Å². The summed E-state index contributed by atoms with van der Waals surface area (Å²) in [6.45, 7) is 0. The zero-order valence-corrected chi connectivity index (χ0v) is 16.5. The van der Waals surface area contributed by atoms with Gasteiger partial charge in [0.15, 0.2) is 0 Å². The van der Waals surface area contributed by atoms with Crippen molar-refractivity contribution in [1.82, 2.24) is 0 Å². The molecule has 0 nitrogen and oxygen atoms in total. The second kappa shape index (κ2) is 11.0. The number of benzene rings is 4. The fraction of sp³-hybridized carbons (Fsp3) is 0. The molecule has 128 valence electrons. The fourth-order valence-corrected chi connectivity index (χ4v) is 3.33. The molecule has 0 heterocycles. The predicted octanol–water partition coefficient (Wildman–Crippen LogP) is 0.927. The van der Waals surface area contributed by atoms with Gasteiger partial charge in [-0.3, -0.25) is 0 Å². The molecule has 0 unspecified atom stereocenters. The molecule has 0 saturated carbocycles. The maximum absolute atomic E-state index is 2.19. The van der Waals surface area contributed by atoms with Crippen molar-refractivity contribution in [3.63, 3.8) is 0 Å². The van der Waals surface area contributed by atoms with Crippen LogP contribution >= 0.6 is 0 Å². The molecule has 0 N–H and O–H groups in total. The molecule has 0 atom stereocenters. The van der Waals surface area contributed by atoms with Gasteiger partial charge < -0.3 is 2.85 Å². The number of hydrogen-bond donors (Lipinski definition) is 0. The van der Waals surface area contributed by atoms with Crippen LogP contribution in [-0.4, -0.2) is 0 Å².